The predicted octanol–water partition coefficient (Wildman–Crippen LogP) is 4.75. The molecular formula is C27H32N6OS. The van der Waals surface area contributed by atoms with E-state index in [1.165, 1.54) is 5.56 Å². The molecule has 0 aliphatic carbocycles. The maximum absolute atomic E-state index is 11.0. The van der Waals surface area contributed by atoms with Gasteiger partial charge in [-0.2, -0.15) is 0 Å². The van der Waals surface area contributed by atoms with E-state index in [1.54, 1.807) is 17.5 Å². The van der Waals surface area contributed by atoms with Crippen molar-refractivity contribution in [3.63, 3.8) is 0 Å². The van der Waals surface area contributed by atoms with Gasteiger partial charge in [0.05, 0.1) is 16.3 Å². The summed E-state index contributed by atoms with van der Waals surface area (Å²) in [5.41, 5.74) is 3.90. The predicted molar refractivity (Wildman–Crippen MR) is 141 cm³/mol. The Balaban J connectivity index is 1.19. The number of rotatable bonds is 9. The van der Waals surface area contributed by atoms with E-state index in [0.717, 1.165) is 54.8 Å². The maximum atomic E-state index is 11.0. The Labute approximate surface area is 210 Å². The zero-order valence-electron chi connectivity index (χ0n) is 20.0. The Morgan fingerprint density at radius 2 is 1.91 bits per heavy atom. The second kappa shape index (κ2) is 11.2. The topological polar surface area (TPSA) is 86.2 Å². The van der Waals surface area contributed by atoms with Gasteiger partial charge in [0.2, 0.25) is 5.95 Å². The molecule has 3 N–H and O–H groups in total. The molecule has 182 valence electrons. The third kappa shape index (κ3) is 6.02. The lowest BCUT2D eigenvalue weighted by atomic mass is 9.96. The molecule has 0 saturated carbocycles. The van der Waals surface area contributed by atoms with E-state index in [0.29, 0.717) is 17.6 Å². The highest BCUT2D eigenvalue weighted by atomic mass is 32.1. The normalized spacial score (nSPS) is 16.9. The van der Waals surface area contributed by atoms with Crippen molar-refractivity contribution in [2.75, 3.05) is 25.0 Å². The molecule has 1 aliphatic heterocycles. The molecule has 0 bridgehead atoms. The molecule has 2 atom stereocenters. The van der Waals surface area contributed by atoms with E-state index in [4.69, 9.17) is 4.98 Å². The molecule has 4 heterocycles. The first-order chi connectivity index (χ1) is 17.2. The van der Waals surface area contributed by atoms with E-state index < -0.39 is 6.23 Å². The minimum Gasteiger partial charge on any atom is -0.373 e. The van der Waals surface area contributed by atoms with Crippen molar-refractivity contribution < 1.29 is 5.11 Å². The van der Waals surface area contributed by atoms with Crippen LogP contribution in [0.4, 0.5) is 5.95 Å². The lowest BCUT2D eigenvalue weighted by Crippen LogP contribution is -2.37. The number of benzene rings is 1. The number of aliphatic hydroxyl groups is 1. The number of pyridine rings is 1. The third-order valence-corrected chi connectivity index (χ3v) is 7.60. The van der Waals surface area contributed by atoms with Crippen molar-refractivity contribution in [1.29, 1.82) is 0 Å². The zero-order chi connectivity index (χ0) is 24.0. The Morgan fingerprint density at radius 1 is 1.09 bits per heavy atom. The average Bonchev–Trinajstić information content (AvgIpc) is 3.37. The number of aliphatic hydroxyl groups excluding tert-OH is 1. The maximum Gasteiger partial charge on any atom is 0.224 e. The number of nitrogens with one attached hydrogen (secondary N) is 2. The third-order valence-electron chi connectivity index (χ3n) is 6.67. The summed E-state index contributed by atoms with van der Waals surface area (Å²) in [6.07, 6.45) is 5.01. The van der Waals surface area contributed by atoms with Crippen molar-refractivity contribution in [1.82, 2.24) is 25.2 Å². The fourth-order valence-electron chi connectivity index (χ4n) is 4.61. The van der Waals surface area contributed by atoms with Gasteiger partial charge in [-0.15, -0.1) is 11.3 Å². The highest BCUT2D eigenvalue weighted by Gasteiger charge is 2.22. The lowest BCUT2D eigenvalue weighted by Gasteiger charge is -2.32. The summed E-state index contributed by atoms with van der Waals surface area (Å²) < 4.78 is 0.919. The van der Waals surface area contributed by atoms with Crippen LogP contribution in [0.2, 0.25) is 0 Å². The first-order valence-corrected chi connectivity index (χ1v) is 13.1. The lowest BCUT2D eigenvalue weighted by molar-refractivity contribution is 0.114. The van der Waals surface area contributed by atoms with E-state index in [9.17, 15) is 5.11 Å². The molecule has 1 saturated heterocycles. The van der Waals surface area contributed by atoms with Gasteiger partial charge in [0, 0.05) is 25.5 Å². The van der Waals surface area contributed by atoms with Crippen LogP contribution >= 0.6 is 11.3 Å². The Morgan fingerprint density at radius 3 is 2.69 bits per heavy atom. The first-order valence-electron chi connectivity index (χ1n) is 12.2. The standard InChI is InChI=1S/C27H32N6OS/c1-19(22-8-5-12-28-17-22)30-27-31-23-11-15-35-25(23)24(32-27)26(34)29-16-20-9-13-33(14-10-20)18-21-6-3-2-4-7-21/h2-8,11-12,15,17,19-20,26,29,34H,9-10,13-14,16,18H2,1H3,(H,30,31,32)/t19-,26?/m0/s1. The molecule has 4 aromatic rings. The van der Waals surface area contributed by atoms with Crippen molar-refractivity contribution in [3.8, 4) is 0 Å². The summed E-state index contributed by atoms with van der Waals surface area (Å²) in [4.78, 5) is 16.1. The van der Waals surface area contributed by atoms with E-state index >= 15 is 0 Å². The molecule has 7 nitrogen and oxygen atoms in total. The molecule has 5 rings (SSSR count). The van der Waals surface area contributed by atoms with E-state index in [2.05, 4.69) is 62.8 Å². The van der Waals surface area contributed by atoms with Crippen LogP contribution < -0.4 is 10.6 Å². The van der Waals surface area contributed by atoms with Gasteiger partial charge in [0.15, 0.2) is 0 Å². The van der Waals surface area contributed by atoms with Crippen LogP contribution in [0.1, 0.15) is 48.9 Å². The zero-order valence-corrected chi connectivity index (χ0v) is 20.8. The number of nitrogens with zero attached hydrogens (tertiary/aromatic N) is 4. The Hall–Kier alpha value is -2.91. The smallest absolute Gasteiger partial charge is 0.224 e. The second-order valence-corrected chi connectivity index (χ2v) is 10.2. The number of thiophene rings is 1. The van der Waals surface area contributed by atoms with Gasteiger partial charge in [-0.3, -0.25) is 15.2 Å². The van der Waals surface area contributed by atoms with Crippen LogP contribution in [0, 0.1) is 5.92 Å². The molecule has 8 heteroatoms. The summed E-state index contributed by atoms with van der Waals surface area (Å²) in [5, 5.41) is 19.7. The highest BCUT2D eigenvalue weighted by Crippen LogP contribution is 2.28. The van der Waals surface area contributed by atoms with Gasteiger partial charge in [0.1, 0.15) is 11.9 Å². The fraction of sp³-hybridized carbons (Fsp3) is 0.370. The van der Waals surface area contributed by atoms with Crippen LogP contribution in [0.25, 0.3) is 10.2 Å². The summed E-state index contributed by atoms with van der Waals surface area (Å²) >= 11 is 1.56. The number of anilines is 1. The van der Waals surface area contributed by atoms with Gasteiger partial charge < -0.3 is 10.4 Å². The van der Waals surface area contributed by atoms with Crippen LogP contribution in [0.15, 0.2) is 66.3 Å². The molecule has 1 aliphatic rings. The molecule has 0 radical (unpaired) electrons. The average molecular weight is 489 g/mol. The van der Waals surface area contributed by atoms with E-state index in [-0.39, 0.29) is 6.04 Å². The summed E-state index contributed by atoms with van der Waals surface area (Å²) in [6, 6.07) is 16.6. The molecule has 1 fully saturated rings. The summed E-state index contributed by atoms with van der Waals surface area (Å²) in [7, 11) is 0. The van der Waals surface area contributed by atoms with E-state index in [1.807, 2.05) is 29.8 Å². The van der Waals surface area contributed by atoms with Crippen LogP contribution in [0.3, 0.4) is 0 Å². The number of fused-ring (bicyclic) bond motifs is 1. The van der Waals surface area contributed by atoms with Crippen molar-refractivity contribution in [2.45, 2.75) is 38.6 Å². The second-order valence-electron chi connectivity index (χ2n) is 9.24. The molecular weight excluding hydrogens is 456 g/mol. The Kier molecular flexibility index (Phi) is 7.63. The SMILES string of the molecule is C[C@H](Nc1nc(C(O)NCC2CCN(Cc3ccccc3)CC2)c2sccc2n1)c1cccnc1. The van der Waals surface area contributed by atoms with Crippen molar-refractivity contribution >= 4 is 27.5 Å². The highest BCUT2D eigenvalue weighted by molar-refractivity contribution is 7.17. The summed E-state index contributed by atoms with van der Waals surface area (Å²) in [5.74, 6) is 1.05. The molecule has 1 aromatic carbocycles. The first kappa shape index (κ1) is 23.8. The van der Waals surface area contributed by atoms with Crippen LogP contribution in [-0.4, -0.2) is 44.6 Å². The molecule has 0 amide bonds. The number of aromatic nitrogens is 3. The Bertz CT molecular complexity index is 1210. The van der Waals surface area contributed by atoms with Crippen molar-refractivity contribution in [2.24, 2.45) is 5.92 Å². The fourth-order valence-corrected chi connectivity index (χ4v) is 5.46. The summed E-state index contributed by atoms with van der Waals surface area (Å²) in [6.45, 7) is 6.00. The van der Waals surface area contributed by atoms with Gasteiger partial charge in [0.25, 0.3) is 0 Å². The quantitative estimate of drug-likeness (QED) is 0.293. The number of hydrogen-bond acceptors (Lipinski definition) is 8. The molecule has 35 heavy (non-hydrogen) atoms. The van der Waals surface area contributed by atoms with Gasteiger partial charge >= 0.3 is 0 Å². The van der Waals surface area contributed by atoms with Crippen LogP contribution in [0.5, 0.6) is 0 Å². The monoisotopic (exact) mass is 488 g/mol. The minimum absolute atomic E-state index is 0.00110. The molecule has 3 aromatic heterocycles. The molecule has 1 unspecified atom stereocenters. The van der Waals surface area contributed by atoms with Crippen LogP contribution in [-0.2, 0) is 6.54 Å². The molecule has 0 spiro atoms. The largest absolute Gasteiger partial charge is 0.373 e. The minimum atomic E-state index is -0.837. The number of hydrogen-bond donors (Lipinski definition) is 3. The van der Waals surface area contributed by atoms with Gasteiger partial charge in [-0.05, 0) is 67.4 Å². The van der Waals surface area contributed by atoms with Crippen molar-refractivity contribution in [3.05, 3.63) is 83.1 Å². The van der Waals surface area contributed by atoms with Gasteiger partial charge in [-0.25, -0.2) is 9.97 Å². The number of piperidine rings is 1. The van der Waals surface area contributed by atoms with Gasteiger partial charge in [-0.1, -0.05) is 36.4 Å². The number of likely N-dealkylation sites (tertiary alicyclic amines) is 1.